The molecule has 0 radical (unpaired) electrons. The maximum atomic E-state index is 13.7. The summed E-state index contributed by atoms with van der Waals surface area (Å²) in [6.45, 7) is 0. The number of hydrogen-bond acceptors (Lipinski definition) is 5. The maximum absolute atomic E-state index is 13.7. The second-order valence-electron chi connectivity index (χ2n) is 10.2. The van der Waals surface area contributed by atoms with Crippen LogP contribution >= 0.6 is 67.8 Å². The predicted octanol–water partition coefficient (Wildman–Crippen LogP) is 6.73. The van der Waals surface area contributed by atoms with E-state index in [2.05, 4.69) is 49.9 Å². The van der Waals surface area contributed by atoms with Crippen molar-refractivity contribution in [2.24, 2.45) is 23.2 Å². The van der Waals surface area contributed by atoms with Crippen molar-refractivity contribution in [2.45, 2.75) is 62.6 Å². The molecule has 210 valence electrons. The number of ether oxygens (including phenoxy) is 2. The minimum atomic E-state index is -6.21. The highest BCUT2D eigenvalue weighted by Crippen LogP contribution is 2.62. The van der Waals surface area contributed by atoms with Gasteiger partial charge in [0.1, 0.15) is 12.5 Å². The van der Waals surface area contributed by atoms with Crippen molar-refractivity contribution in [3.05, 3.63) is 28.4 Å². The van der Waals surface area contributed by atoms with E-state index in [9.17, 15) is 40.7 Å². The quantitative estimate of drug-likeness (QED) is 0.148. The Morgan fingerprint density at radius 3 is 2.00 bits per heavy atom. The molecule has 6 nitrogen and oxygen atoms in total. The lowest BCUT2D eigenvalue weighted by molar-refractivity contribution is -0.372. The molecule has 4 aliphatic carbocycles. The van der Waals surface area contributed by atoms with Gasteiger partial charge in [-0.2, -0.15) is 26.3 Å². The lowest BCUT2D eigenvalue weighted by Gasteiger charge is -2.58. The van der Waals surface area contributed by atoms with E-state index in [1.165, 1.54) is 0 Å². The first-order valence-corrected chi connectivity index (χ1v) is 14.6. The van der Waals surface area contributed by atoms with Crippen LogP contribution in [0.5, 0.6) is 0 Å². The van der Waals surface area contributed by atoms with Gasteiger partial charge in [0.2, 0.25) is 0 Å². The number of halogens is 9. The zero-order valence-corrected chi connectivity index (χ0v) is 25.6. The monoisotopic (exact) mass is 886 g/mol. The molecule has 0 heterocycles. The minimum Gasteiger partial charge on any atom is -0.481 e. The second-order valence-corrected chi connectivity index (χ2v) is 13.6. The zero-order valence-electron chi connectivity index (χ0n) is 19.1. The number of carboxylic acid groups (broad SMARTS) is 1. The van der Waals surface area contributed by atoms with Gasteiger partial charge in [0.15, 0.2) is 0 Å². The first-order chi connectivity index (χ1) is 17.4. The number of aliphatic carboxylic acids is 1. The largest absolute Gasteiger partial charge is 0.481 e. The SMILES string of the molecule is O=C(O)CC(OC(=O)C12CC3CC(C1)C(OC(=O)c1cc(I)cc(I)c1I)C(C3)C2)(C(F)(F)F)C(F)(F)F. The Bertz CT molecular complexity index is 1140. The van der Waals surface area contributed by atoms with E-state index in [1.807, 2.05) is 28.7 Å². The van der Waals surface area contributed by atoms with E-state index in [0.717, 1.165) is 7.14 Å². The Labute approximate surface area is 253 Å². The normalized spacial score (nSPS) is 28.8. The standard InChI is InChI=1S/C23H19F6I3O6/c24-22(25,26)21(8-15(33)34,23(27,28)29)38-19(36)20-5-9-1-10(6-20)17(11(2-9)7-20)37-18(35)13-3-12(30)4-14(31)16(13)32/h3-4,9-11,17H,1-2,5-8H2,(H,33,34). The van der Waals surface area contributed by atoms with Crippen LogP contribution in [0.3, 0.4) is 0 Å². The highest BCUT2D eigenvalue weighted by molar-refractivity contribution is 14.1. The topological polar surface area (TPSA) is 89.9 Å². The number of esters is 2. The minimum absolute atomic E-state index is 0.0331. The van der Waals surface area contributed by atoms with Crippen LogP contribution in [0.1, 0.15) is 48.9 Å². The molecule has 0 aliphatic heterocycles. The molecule has 4 fully saturated rings. The molecule has 4 bridgehead atoms. The molecule has 1 aromatic rings. The van der Waals surface area contributed by atoms with Crippen LogP contribution in [0.4, 0.5) is 26.3 Å². The number of benzene rings is 1. The number of alkyl halides is 6. The molecule has 0 spiro atoms. The summed E-state index contributed by atoms with van der Waals surface area (Å²) < 4.78 is 94.6. The average molecular weight is 886 g/mol. The summed E-state index contributed by atoms with van der Waals surface area (Å²) in [5.74, 6) is -5.79. The fourth-order valence-corrected chi connectivity index (χ4v) is 8.68. The molecule has 0 amide bonds. The van der Waals surface area contributed by atoms with Gasteiger partial charge in [0.25, 0.3) is 0 Å². The van der Waals surface area contributed by atoms with Gasteiger partial charge in [-0.1, -0.05) is 0 Å². The lowest BCUT2D eigenvalue weighted by atomic mass is 9.48. The van der Waals surface area contributed by atoms with E-state index in [1.54, 1.807) is 6.07 Å². The third-order valence-electron chi connectivity index (χ3n) is 7.66. The molecular weight excluding hydrogens is 867 g/mol. The Hall–Kier alpha value is -0.600. The van der Waals surface area contributed by atoms with Crippen LogP contribution in [0.15, 0.2) is 12.1 Å². The van der Waals surface area contributed by atoms with Crippen molar-refractivity contribution in [2.75, 3.05) is 0 Å². The van der Waals surface area contributed by atoms with E-state index >= 15 is 0 Å². The fraction of sp³-hybridized carbons (Fsp3) is 0.609. The van der Waals surface area contributed by atoms with Gasteiger partial charge in [-0.25, -0.2) is 4.79 Å². The highest BCUT2D eigenvalue weighted by Gasteiger charge is 2.76. The summed E-state index contributed by atoms with van der Waals surface area (Å²) in [6.07, 6.45) is -14.8. The average Bonchev–Trinajstić information content (AvgIpc) is 2.75. The molecule has 0 saturated heterocycles. The summed E-state index contributed by atoms with van der Waals surface area (Å²) >= 11 is 6.17. The van der Waals surface area contributed by atoms with Crippen molar-refractivity contribution in [3.63, 3.8) is 0 Å². The predicted molar refractivity (Wildman–Crippen MR) is 143 cm³/mol. The van der Waals surface area contributed by atoms with Crippen molar-refractivity contribution in [1.82, 2.24) is 0 Å². The summed E-state index contributed by atoms with van der Waals surface area (Å²) in [4.78, 5) is 37.2. The Kier molecular flexibility index (Phi) is 8.27. The van der Waals surface area contributed by atoms with Crippen molar-refractivity contribution < 1.29 is 55.3 Å². The molecule has 2 atom stereocenters. The maximum Gasteiger partial charge on any atom is 0.438 e. The molecule has 2 unspecified atom stereocenters. The smallest absolute Gasteiger partial charge is 0.438 e. The van der Waals surface area contributed by atoms with Gasteiger partial charge >= 0.3 is 35.9 Å². The van der Waals surface area contributed by atoms with Crippen LogP contribution in [-0.2, 0) is 19.1 Å². The van der Waals surface area contributed by atoms with E-state index in [-0.39, 0.29) is 25.2 Å². The highest BCUT2D eigenvalue weighted by atomic mass is 127. The van der Waals surface area contributed by atoms with Gasteiger partial charge < -0.3 is 14.6 Å². The summed E-state index contributed by atoms with van der Waals surface area (Å²) in [5.41, 5.74) is -6.47. The van der Waals surface area contributed by atoms with Crippen LogP contribution in [0, 0.1) is 33.9 Å². The molecule has 5 rings (SSSR count). The molecular formula is C23H19F6I3O6. The van der Waals surface area contributed by atoms with E-state index < -0.39 is 65.6 Å². The zero-order chi connectivity index (χ0) is 28.4. The summed E-state index contributed by atoms with van der Waals surface area (Å²) in [5, 5.41) is 8.85. The number of carbonyl (C=O) groups is 3. The molecule has 38 heavy (non-hydrogen) atoms. The van der Waals surface area contributed by atoms with Crippen LogP contribution in [0.2, 0.25) is 0 Å². The van der Waals surface area contributed by atoms with Crippen molar-refractivity contribution in [3.8, 4) is 0 Å². The number of carbonyl (C=O) groups excluding carboxylic acids is 2. The molecule has 1 aromatic carbocycles. The molecule has 0 aromatic heterocycles. The summed E-state index contributed by atoms with van der Waals surface area (Å²) in [7, 11) is 0. The van der Waals surface area contributed by atoms with Crippen LogP contribution in [0.25, 0.3) is 0 Å². The van der Waals surface area contributed by atoms with Crippen LogP contribution in [-0.4, -0.2) is 47.1 Å². The molecule has 4 saturated carbocycles. The van der Waals surface area contributed by atoms with Gasteiger partial charge in [0.05, 0.1) is 11.0 Å². The number of rotatable bonds is 6. The van der Waals surface area contributed by atoms with Crippen LogP contribution < -0.4 is 0 Å². The van der Waals surface area contributed by atoms with Gasteiger partial charge in [-0.3, -0.25) is 9.59 Å². The Morgan fingerprint density at radius 2 is 1.50 bits per heavy atom. The molecule has 4 aliphatic rings. The van der Waals surface area contributed by atoms with E-state index in [0.29, 0.717) is 22.0 Å². The third kappa shape index (κ3) is 5.36. The summed E-state index contributed by atoms with van der Waals surface area (Å²) in [6, 6.07) is 3.54. The first kappa shape index (κ1) is 30.4. The number of carboxylic acids is 1. The lowest BCUT2D eigenvalue weighted by Crippen LogP contribution is -2.64. The number of hydrogen-bond donors (Lipinski definition) is 1. The Balaban J connectivity index is 1.59. The van der Waals surface area contributed by atoms with Gasteiger partial charge in [-0.15, -0.1) is 0 Å². The third-order valence-corrected chi connectivity index (χ3v) is 11.3. The Morgan fingerprint density at radius 1 is 0.947 bits per heavy atom. The molecule has 1 N–H and O–H groups in total. The van der Waals surface area contributed by atoms with Crippen molar-refractivity contribution >= 4 is 85.7 Å². The van der Waals surface area contributed by atoms with E-state index in [4.69, 9.17) is 9.84 Å². The fourth-order valence-electron chi connectivity index (χ4n) is 6.30. The van der Waals surface area contributed by atoms with Crippen molar-refractivity contribution in [1.29, 1.82) is 0 Å². The van der Waals surface area contributed by atoms with Gasteiger partial charge in [-0.05, 0) is 130 Å². The first-order valence-electron chi connectivity index (χ1n) is 11.3. The molecule has 15 heteroatoms. The van der Waals surface area contributed by atoms with Gasteiger partial charge in [0, 0.05) is 10.7 Å². The second kappa shape index (κ2) is 10.3.